The van der Waals surface area contributed by atoms with Crippen LogP contribution in [0.5, 0.6) is 0 Å². The molecule has 0 fully saturated rings. The number of hydrogen-bond donors (Lipinski definition) is 0. The molecule has 0 nitrogen and oxygen atoms in total. The summed E-state index contributed by atoms with van der Waals surface area (Å²) in [7, 11) is 0.537. The first kappa shape index (κ1) is 12.4. The van der Waals surface area contributed by atoms with Gasteiger partial charge in [0.05, 0.1) is 0 Å². The minimum absolute atomic E-state index is 0.742. The minimum Gasteiger partial charge on any atom is -0.0754 e. The molecule has 0 aliphatic heterocycles. The minimum atomic E-state index is -0.742. The van der Waals surface area contributed by atoms with Gasteiger partial charge in [0.25, 0.3) is 0 Å². The van der Waals surface area contributed by atoms with E-state index in [-0.39, 0.29) is 0 Å². The molecule has 0 atom stereocenters. The summed E-state index contributed by atoms with van der Waals surface area (Å²) >= 11 is 0. The summed E-state index contributed by atoms with van der Waals surface area (Å²) < 4.78 is 0. The lowest BCUT2D eigenvalue weighted by Gasteiger charge is -2.29. The molecule has 0 aliphatic rings. The van der Waals surface area contributed by atoms with Gasteiger partial charge in [-0.25, -0.2) is 0 Å². The van der Waals surface area contributed by atoms with E-state index in [1.165, 1.54) is 28.3 Å². The second kappa shape index (κ2) is 6.90. The van der Waals surface area contributed by atoms with Crippen LogP contribution in [-0.4, -0.2) is 16.6 Å². The van der Waals surface area contributed by atoms with Crippen LogP contribution in [0.1, 0.15) is 40.0 Å². The molecule has 0 N–H and O–H groups in total. The largest absolute Gasteiger partial charge is 0.0754 e. The molecule has 0 aromatic rings. The SMILES string of the molecule is CCC[Si](CCC)(CCC)[Si]C. The molecule has 0 bridgehead atoms. The Morgan fingerprint density at radius 1 is 0.833 bits per heavy atom. The summed E-state index contributed by atoms with van der Waals surface area (Å²) in [6.45, 7) is 9.51. The molecule has 0 aliphatic carbocycles. The lowest BCUT2D eigenvalue weighted by Crippen LogP contribution is -2.39. The second-order valence-electron chi connectivity index (χ2n) is 3.78. The Bertz CT molecular complexity index is 85.0. The maximum absolute atomic E-state index is 2.45. The van der Waals surface area contributed by atoms with E-state index in [2.05, 4.69) is 27.3 Å². The average molecular weight is 200 g/mol. The first-order valence-electron chi connectivity index (χ1n) is 5.43. The maximum Gasteiger partial charge on any atom is 0.0415 e. The standard InChI is InChI=1S/C10H24Si2/c1-5-8-12(11-4,9-6-2)10-7-3/h5-10H2,1-4H3. The monoisotopic (exact) mass is 200 g/mol. The Kier molecular flexibility index (Phi) is 7.15. The Balaban J connectivity index is 4.06. The van der Waals surface area contributed by atoms with Crippen LogP contribution in [0, 0.1) is 0 Å². The van der Waals surface area contributed by atoms with Gasteiger partial charge in [-0.05, 0) is 0 Å². The summed E-state index contributed by atoms with van der Waals surface area (Å²) in [4.78, 5) is 0. The molecule has 0 aromatic carbocycles. The van der Waals surface area contributed by atoms with E-state index in [1.54, 1.807) is 18.1 Å². The third-order valence-electron chi connectivity index (χ3n) is 2.72. The first-order chi connectivity index (χ1) is 5.74. The van der Waals surface area contributed by atoms with Gasteiger partial charge in [-0.2, -0.15) is 0 Å². The predicted molar refractivity (Wildman–Crippen MR) is 62.7 cm³/mol. The average Bonchev–Trinajstić information content (AvgIpc) is 2.06. The highest BCUT2D eigenvalue weighted by atomic mass is 29.2. The van der Waals surface area contributed by atoms with Crippen molar-refractivity contribution in [2.75, 3.05) is 0 Å². The van der Waals surface area contributed by atoms with Crippen LogP contribution in [0.4, 0.5) is 0 Å². The Morgan fingerprint density at radius 3 is 1.33 bits per heavy atom. The van der Waals surface area contributed by atoms with Crippen LogP contribution >= 0.6 is 0 Å². The number of hydrogen-bond acceptors (Lipinski definition) is 0. The molecule has 0 saturated heterocycles. The lowest BCUT2D eigenvalue weighted by molar-refractivity contribution is 0.946. The van der Waals surface area contributed by atoms with Crippen molar-refractivity contribution < 1.29 is 0 Å². The van der Waals surface area contributed by atoms with Crippen LogP contribution in [0.25, 0.3) is 0 Å². The fraction of sp³-hybridized carbons (Fsp3) is 1.00. The highest BCUT2D eigenvalue weighted by Gasteiger charge is 2.27. The highest BCUT2D eigenvalue weighted by Crippen LogP contribution is 2.24. The van der Waals surface area contributed by atoms with Crippen LogP contribution in [0.15, 0.2) is 0 Å². The van der Waals surface area contributed by atoms with Gasteiger partial charge >= 0.3 is 0 Å². The van der Waals surface area contributed by atoms with Crippen molar-refractivity contribution in [2.45, 2.75) is 64.7 Å². The van der Waals surface area contributed by atoms with E-state index in [9.17, 15) is 0 Å². The maximum atomic E-state index is 2.45. The fourth-order valence-corrected chi connectivity index (χ4v) is 11.1. The summed E-state index contributed by atoms with van der Waals surface area (Å²) in [5.41, 5.74) is 0. The van der Waals surface area contributed by atoms with E-state index in [4.69, 9.17) is 0 Å². The summed E-state index contributed by atoms with van der Waals surface area (Å²) in [5.74, 6) is 0. The molecule has 0 saturated carbocycles. The van der Waals surface area contributed by atoms with Crippen molar-refractivity contribution in [2.24, 2.45) is 0 Å². The smallest absolute Gasteiger partial charge is 0.0415 e. The normalized spacial score (nSPS) is 12.0. The zero-order valence-corrected chi connectivity index (χ0v) is 11.2. The topological polar surface area (TPSA) is 0 Å². The van der Waals surface area contributed by atoms with Crippen molar-refractivity contribution in [3.63, 3.8) is 0 Å². The van der Waals surface area contributed by atoms with Crippen molar-refractivity contribution in [1.82, 2.24) is 0 Å². The molecule has 0 rings (SSSR count). The van der Waals surface area contributed by atoms with Crippen molar-refractivity contribution in [3.05, 3.63) is 0 Å². The van der Waals surface area contributed by atoms with Gasteiger partial charge in [0.2, 0.25) is 0 Å². The Morgan fingerprint density at radius 2 is 1.17 bits per heavy atom. The molecule has 12 heavy (non-hydrogen) atoms. The highest BCUT2D eigenvalue weighted by molar-refractivity contribution is 7.24. The van der Waals surface area contributed by atoms with Gasteiger partial charge in [0, 0.05) is 16.6 Å². The van der Waals surface area contributed by atoms with E-state index < -0.39 is 7.59 Å². The lowest BCUT2D eigenvalue weighted by atomic mass is 10.6. The van der Waals surface area contributed by atoms with Crippen LogP contribution in [0.3, 0.4) is 0 Å². The van der Waals surface area contributed by atoms with Crippen molar-refractivity contribution >= 4 is 16.6 Å². The zero-order valence-electron chi connectivity index (χ0n) is 9.24. The van der Waals surface area contributed by atoms with Gasteiger partial charge in [0.1, 0.15) is 0 Å². The molecule has 0 aromatic heterocycles. The summed E-state index contributed by atoms with van der Waals surface area (Å²) in [5, 5.41) is 0. The van der Waals surface area contributed by atoms with Crippen LogP contribution in [-0.2, 0) is 0 Å². The van der Waals surface area contributed by atoms with Crippen molar-refractivity contribution in [3.8, 4) is 0 Å². The predicted octanol–water partition coefficient (Wildman–Crippen LogP) is 3.91. The quantitative estimate of drug-likeness (QED) is 0.547. The molecule has 0 spiro atoms. The fourth-order valence-electron chi connectivity index (χ4n) is 2.19. The molecule has 0 heterocycles. The summed E-state index contributed by atoms with van der Waals surface area (Å²) in [6, 6.07) is 4.76. The molecule has 0 amide bonds. The van der Waals surface area contributed by atoms with E-state index in [1.807, 2.05) is 0 Å². The Hall–Kier alpha value is 0.434. The van der Waals surface area contributed by atoms with Gasteiger partial charge in [-0.15, -0.1) is 0 Å². The Labute approximate surface area is 81.8 Å². The van der Waals surface area contributed by atoms with Gasteiger partial charge < -0.3 is 0 Å². The van der Waals surface area contributed by atoms with Gasteiger partial charge in [-0.1, -0.05) is 64.7 Å². The van der Waals surface area contributed by atoms with Gasteiger partial charge in [-0.3, -0.25) is 0 Å². The van der Waals surface area contributed by atoms with E-state index in [0.29, 0.717) is 0 Å². The van der Waals surface area contributed by atoms with E-state index >= 15 is 0 Å². The van der Waals surface area contributed by atoms with E-state index in [0.717, 1.165) is 0 Å². The zero-order chi connectivity index (χ0) is 9.45. The summed E-state index contributed by atoms with van der Waals surface area (Å²) in [6.07, 6.45) is 4.27. The molecule has 0 unspecified atom stereocenters. The molecule has 2 radical (unpaired) electrons. The second-order valence-corrected chi connectivity index (χ2v) is 13.0. The number of rotatable bonds is 7. The van der Waals surface area contributed by atoms with Gasteiger partial charge in [0.15, 0.2) is 0 Å². The van der Waals surface area contributed by atoms with Crippen LogP contribution in [0.2, 0.25) is 24.7 Å². The van der Waals surface area contributed by atoms with Crippen molar-refractivity contribution in [1.29, 1.82) is 0 Å². The molecular weight excluding hydrogens is 176 g/mol. The first-order valence-corrected chi connectivity index (χ1v) is 10.6. The third kappa shape index (κ3) is 3.90. The third-order valence-corrected chi connectivity index (χ3v) is 13.6. The van der Waals surface area contributed by atoms with Crippen LogP contribution < -0.4 is 0 Å². The molecular formula is C10H24Si2. The molecule has 72 valence electrons. The molecule has 2 heteroatoms.